The SMILES string of the molecule is Cc1cc(C(F)(F)F)cc(S(=O)(=O)N2CCC(c3coc4c(Nc5ccc(S(C)(=O)=O)cc5F)ncnc34)CC2)c1. The first-order chi connectivity index (χ1) is 19.1. The van der Waals surface area contributed by atoms with Crippen LogP contribution in [0.2, 0.25) is 0 Å². The number of nitrogens with one attached hydrogen (secondary N) is 1. The van der Waals surface area contributed by atoms with E-state index in [-0.39, 0.29) is 46.6 Å². The standard InChI is InChI=1S/C26H24F4N4O5S2/c1-15-9-17(26(28,29)30)11-19(10-15)41(37,38)34-7-5-16(6-8-34)20-13-39-24-23(20)31-14-32-25(24)33-22-4-3-18(12-21(22)27)40(2,35)36/h3-4,9-14,16H,5-8H2,1-2H3,(H,31,32,33). The second-order valence-electron chi connectivity index (χ2n) is 9.84. The summed E-state index contributed by atoms with van der Waals surface area (Å²) in [7, 11) is -7.75. The normalized spacial score (nSPS) is 15.9. The zero-order chi connectivity index (χ0) is 29.7. The molecule has 2 aromatic carbocycles. The molecule has 218 valence electrons. The molecule has 0 bridgehead atoms. The minimum absolute atomic E-state index is 0.0290. The van der Waals surface area contributed by atoms with Gasteiger partial charge in [-0.1, -0.05) is 0 Å². The molecule has 9 nitrogen and oxygen atoms in total. The van der Waals surface area contributed by atoms with Crippen LogP contribution in [0.1, 0.15) is 35.4 Å². The molecule has 0 spiro atoms. The molecule has 5 rings (SSSR count). The van der Waals surface area contributed by atoms with Crippen molar-refractivity contribution in [1.29, 1.82) is 0 Å². The number of anilines is 2. The molecule has 1 aliphatic heterocycles. The summed E-state index contributed by atoms with van der Waals surface area (Å²) >= 11 is 0. The van der Waals surface area contributed by atoms with Crippen LogP contribution in [0.15, 0.2) is 63.2 Å². The lowest BCUT2D eigenvalue weighted by Gasteiger charge is -2.31. The Kier molecular flexibility index (Phi) is 7.32. The number of sulfonamides is 1. The van der Waals surface area contributed by atoms with Gasteiger partial charge >= 0.3 is 6.18 Å². The smallest absolute Gasteiger partial charge is 0.416 e. The number of aromatic nitrogens is 2. The molecule has 1 N–H and O–H groups in total. The lowest BCUT2D eigenvalue weighted by molar-refractivity contribution is -0.137. The maximum atomic E-state index is 14.6. The zero-order valence-corrected chi connectivity index (χ0v) is 23.4. The van der Waals surface area contributed by atoms with Gasteiger partial charge in [0, 0.05) is 24.9 Å². The van der Waals surface area contributed by atoms with E-state index in [1.807, 2.05) is 0 Å². The van der Waals surface area contributed by atoms with Crippen LogP contribution in [-0.4, -0.2) is 50.5 Å². The monoisotopic (exact) mass is 612 g/mol. The average Bonchev–Trinajstić information content (AvgIpc) is 3.33. The number of hydrogen-bond acceptors (Lipinski definition) is 8. The topological polar surface area (TPSA) is 122 Å². The summed E-state index contributed by atoms with van der Waals surface area (Å²) < 4.78 is 111. The predicted octanol–water partition coefficient (Wildman–Crippen LogP) is 5.40. The van der Waals surface area contributed by atoms with Crippen molar-refractivity contribution in [2.45, 2.75) is 41.7 Å². The van der Waals surface area contributed by atoms with E-state index in [0.29, 0.717) is 30.0 Å². The summed E-state index contributed by atoms with van der Waals surface area (Å²) in [6, 6.07) is 6.20. The van der Waals surface area contributed by atoms with Crippen molar-refractivity contribution in [3.63, 3.8) is 0 Å². The van der Waals surface area contributed by atoms with Crippen LogP contribution in [0.4, 0.5) is 29.1 Å². The third-order valence-electron chi connectivity index (χ3n) is 6.91. The summed E-state index contributed by atoms with van der Waals surface area (Å²) in [5, 5.41) is 2.79. The fourth-order valence-electron chi connectivity index (χ4n) is 4.82. The first-order valence-corrected chi connectivity index (χ1v) is 15.7. The average molecular weight is 613 g/mol. The highest BCUT2D eigenvalue weighted by Gasteiger charge is 2.35. The molecular weight excluding hydrogens is 588 g/mol. The molecule has 0 unspecified atom stereocenters. The maximum absolute atomic E-state index is 14.6. The van der Waals surface area contributed by atoms with Gasteiger partial charge in [-0.15, -0.1) is 0 Å². The second kappa shape index (κ2) is 10.4. The number of benzene rings is 2. The summed E-state index contributed by atoms with van der Waals surface area (Å²) in [6.45, 7) is 1.56. The molecule has 2 aromatic heterocycles. The minimum Gasteiger partial charge on any atom is -0.458 e. The number of nitrogens with zero attached hydrogens (tertiary/aromatic N) is 3. The van der Waals surface area contributed by atoms with E-state index in [1.54, 1.807) is 0 Å². The molecule has 1 fully saturated rings. The Balaban J connectivity index is 1.35. The molecule has 0 saturated carbocycles. The van der Waals surface area contributed by atoms with Crippen molar-refractivity contribution in [3.05, 3.63) is 71.5 Å². The van der Waals surface area contributed by atoms with Gasteiger partial charge in [0.15, 0.2) is 21.2 Å². The fraction of sp³-hybridized carbons (Fsp3) is 0.308. The highest BCUT2D eigenvalue weighted by molar-refractivity contribution is 7.90. The molecule has 4 aromatic rings. The molecule has 0 atom stereocenters. The van der Waals surface area contributed by atoms with Crippen LogP contribution in [0.5, 0.6) is 0 Å². The second-order valence-corrected chi connectivity index (χ2v) is 13.8. The molecule has 41 heavy (non-hydrogen) atoms. The van der Waals surface area contributed by atoms with E-state index in [1.165, 1.54) is 42.0 Å². The molecule has 1 aliphatic rings. The number of aryl methyl sites for hydroxylation is 1. The van der Waals surface area contributed by atoms with Crippen LogP contribution < -0.4 is 5.32 Å². The lowest BCUT2D eigenvalue weighted by Crippen LogP contribution is -2.38. The van der Waals surface area contributed by atoms with Gasteiger partial charge in [0.05, 0.1) is 27.3 Å². The quantitative estimate of drug-likeness (QED) is 0.287. The van der Waals surface area contributed by atoms with Gasteiger partial charge in [-0.3, -0.25) is 0 Å². The van der Waals surface area contributed by atoms with E-state index < -0.39 is 42.3 Å². The van der Waals surface area contributed by atoms with E-state index in [4.69, 9.17) is 4.42 Å². The van der Waals surface area contributed by atoms with E-state index in [0.717, 1.165) is 18.4 Å². The third kappa shape index (κ3) is 5.78. The van der Waals surface area contributed by atoms with E-state index in [2.05, 4.69) is 15.3 Å². The highest BCUT2D eigenvalue weighted by Crippen LogP contribution is 2.38. The van der Waals surface area contributed by atoms with E-state index in [9.17, 15) is 34.4 Å². The maximum Gasteiger partial charge on any atom is 0.416 e. The van der Waals surface area contributed by atoms with Crippen LogP contribution in [0.3, 0.4) is 0 Å². The van der Waals surface area contributed by atoms with Gasteiger partial charge < -0.3 is 9.73 Å². The van der Waals surface area contributed by atoms with Crippen molar-refractivity contribution < 1.29 is 38.8 Å². The molecule has 0 radical (unpaired) electrons. The Labute approximate surface area is 233 Å². The summed E-state index contributed by atoms with van der Waals surface area (Å²) in [6.07, 6.45) is -0.257. The minimum atomic E-state index is -4.67. The molecule has 1 saturated heterocycles. The summed E-state index contributed by atoms with van der Waals surface area (Å²) in [5.74, 6) is -0.831. The van der Waals surface area contributed by atoms with Gasteiger partial charge in [-0.2, -0.15) is 17.5 Å². The number of furan rings is 1. The lowest BCUT2D eigenvalue weighted by atomic mass is 9.91. The zero-order valence-electron chi connectivity index (χ0n) is 21.7. The Morgan fingerprint density at radius 1 is 1.00 bits per heavy atom. The number of alkyl halides is 3. The van der Waals surface area contributed by atoms with Crippen LogP contribution in [0.25, 0.3) is 11.1 Å². The molecule has 15 heteroatoms. The Morgan fingerprint density at radius 2 is 1.71 bits per heavy atom. The van der Waals surface area contributed by atoms with Gasteiger partial charge in [0.2, 0.25) is 10.0 Å². The van der Waals surface area contributed by atoms with Crippen LogP contribution >= 0.6 is 0 Å². The number of piperidine rings is 1. The van der Waals surface area contributed by atoms with Gasteiger partial charge in [0.25, 0.3) is 0 Å². The number of rotatable bonds is 6. The van der Waals surface area contributed by atoms with Crippen molar-refractivity contribution in [2.24, 2.45) is 0 Å². The Bertz CT molecular complexity index is 1850. The van der Waals surface area contributed by atoms with Gasteiger partial charge in [0.1, 0.15) is 17.7 Å². The van der Waals surface area contributed by atoms with Gasteiger partial charge in [-0.25, -0.2) is 31.2 Å². The van der Waals surface area contributed by atoms with Gasteiger partial charge in [-0.05, 0) is 67.6 Å². The molecule has 3 heterocycles. The number of hydrogen-bond donors (Lipinski definition) is 1. The Morgan fingerprint density at radius 3 is 2.34 bits per heavy atom. The first-order valence-electron chi connectivity index (χ1n) is 12.3. The fourth-order valence-corrected chi connectivity index (χ4v) is 7.05. The molecule has 0 aliphatic carbocycles. The molecule has 0 amide bonds. The van der Waals surface area contributed by atoms with Crippen molar-refractivity contribution in [2.75, 3.05) is 24.7 Å². The third-order valence-corrected chi connectivity index (χ3v) is 9.90. The van der Waals surface area contributed by atoms with Crippen LogP contribution in [-0.2, 0) is 26.0 Å². The highest BCUT2D eigenvalue weighted by atomic mass is 32.2. The summed E-state index contributed by atoms with van der Waals surface area (Å²) in [4.78, 5) is 7.82. The number of sulfone groups is 1. The first kappa shape index (κ1) is 29.0. The number of fused-ring (bicyclic) bond motifs is 1. The van der Waals surface area contributed by atoms with Crippen molar-refractivity contribution in [3.8, 4) is 0 Å². The van der Waals surface area contributed by atoms with E-state index >= 15 is 0 Å². The van der Waals surface area contributed by atoms with Crippen molar-refractivity contribution in [1.82, 2.24) is 14.3 Å². The summed E-state index contributed by atoms with van der Waals surface area (Å²) in [5.41, 5.74) is 0.484. The predicted molar refractivity (Wildman–Crippen MR) is 142 cm³/mol. The number of halogens is 4. The Hall–Kier alpha value is -3.56. The van der Waals surface area contributed by atoms with Crippen LogP contribution in [0, 0.1) is 12.7 Å². The molecular formula is C26H24F4N4O5S2. The van der Waals surface area contributed by atoms with Crippen molar-refractivity contribution >= 4 is 42.5 Å². The largest absolute Gasteiger partial charge is 0.458 e.